The summed E-state index contributed by atoms with van der Waals surface area (Å²) in [7, 11) is 1.39. The average Bonchev–Trinajstić information content (AvgIpc) is 2.81. The highest BCUT2D eigenvalue weighted by Gasteiger charge is 2.37. The van der Waals surface area contributed by atoms with Gasteiger partial charge in [-0.2, -0.15) is 0 Å². The molecule has 4 nitrogen and oxygen atoms in total. The van der Waals surface area contributed by atoms with Crippen molar-refractivity contribution >= 4 is 11.9 Å². The van der Waals surface area contributed by atoms with Crippen molar-refractivity contribution in [3.05, 3.63) is 12.2 Å². The first kappa shape index (κ1) is 15.1. The van der Waals surface area contributed by atoms with Gasteiger partial charge in [0.2, 0.25) is 5.91 Å². The van der Waals surface area contributed by atoms with Crippen molar-refractivity contribution in [3.63, 3.8) is 0 Å². The van der Waals surface area contributed by atoms with Crippen LogP contribution in [-0.2, 0) is 14.3 Å². The number of amides is 1. The molecule has 2 rings (SSSR count). The molecule has 0 saturated carbocycles. The molecule has 0 aromatic heterocycles. The highest BCUT2D eigenvalue weighted by molar-refractivity contribution is 5.78. The van der Waals surface area contributed by atoms with Gasteiger partial charge in [-0.05, 0) is 30.1 Å². The highest BCUT2D eigenvalue weighted by atomic mass is 16.5. The lowest BCUT2D eigenvalue weighted by Crippen LogP contribution is -2.33. The van der Waals surface area contributed by atoms with E-state index in [1.165, 1.54) is 7.11 Å². The monoisotopic (exact) mass is 279 g/mol. The molecule has 1 aliphatic heterocycles. The summed E-state index contributed by atoms with van der Waals surface area (Å²) in [6.45, 7) is 5.66. The molecule has 1 heterocycles. The number of hydrogen-bond donors (Lipinski definition) is 0. The van der Waals surface area contributed by atoms with Gasteiger partial charge >= 0.3 is 5.97 Å². The fourth-order valence-corrected chi connectivity index (χ4v) is 3.27. The van der Waals surface area contributed by atoms with Crippen LogP contribution in [0.1, 0.15) is 39.5 Å². The van der Waals surface area contributed by atoms with Crippen LogP contribution in [0.25, 0.3) is 0 Å². The van der Waals surface area contributed by atoms with Crippen molar-refractivity contribution in [2.45, 2.75) is 39.5 Å². The molecule has 2 aliphatic rings. The quantitative estimate of drug-likeness (QED) is 0.586. The van der Waals surface area contributed by atoms with Crippen LogP contribution in [0.15, 0.2) is 12.2 Å². The number of nitrogens with zero attached hydrogens (tertiary/aromatic N) is 1. The van der Waals surface area contributed by atoms with Crippen LogP contribution < -0.4 is 0 Å². The van der Waals surface area contributed by atoms with E-state index < -0.39 is 0 Å². The Bertz CT molecular complexity index is 398. The number of carbonyl (C=O) groups excluding carboxylic acids is 2. The Morgan fingerprint density at radius 3 is 2.20 bits per heavy atom. The number of fused-ring (bicyclic) bond motifs is 1. The molecule has 0 radical (unpaired) electrons. The second kappa shape index (κ2) is 5.98. The van der Waals surface area contributed by atoms with Gasteiger partial charge in [-0.25, -0.2) is 0 Å². The summed E-state index contributed by atoms with van der Waals surface area (Å²) in [5.41, 5.74) is -0.337. The lowest BCUT2D eigenvalue weighted by Gasteiger charge is -2.26. The zero-order valence-electron chi connectivity index (χ0n) is 12.7. The van der Waals surface area contributed by atoms with Gasteiger partial charge in [0.15, 0.2) is 0 Å². The second-order valence-electron chi connectivity index (χ2n) is 6.86. The maximum Gasteiger partial charge on any atom is 0.306 e. The number of allylic oxidation sites excluding steroid dienone is 2. The molecule has 20 heavy (non-hydrogen) atoms. The number of hydrogen-bond acceptors (Lipinski definition) is 3. The minimum atomic E-state index is -0.337. The van der Waals surface area contributed by atoms with Gasteiger partial charge in [-0.1, -0.05) is 26.0 Å². The van der Waals surface area contributed by atoms with E-state index in [-0.39, 0.29) is 23.7 Å². The Morgan fingerprint density at radius 1 is 1.15 bits per heavy atom. The van der Waals surface area contributed by atoms with Crippen LogP contribution in [0.2, 0.25) is 0 Å². The van der Waals surface area contributed by atoms with Crippen LogP contribution in [0.3, 0.4) is 0 Å². The second-order valence-corrected chi connectivity index (χ2v) is 6.86. The summed E-state index contributed by atoms with van der Waals surface area (Å²) in [4.78, 5) is 25.8. The zero-order valence-corrected chi connectivity index (χ0v) is 12.7. The van der Waals surface area contributed by atoms with Gasteiger partial charge in [0.25, 0.3) is 0 Å². The number of rotatable bonds is 4. The number of methoxy groups -OCH3 is 1. The first-order valence-corrected chi connectivity index (χ1v) is 7.41. The molecular weight excluding hydrogens is 254 g/mol. The third kappa shape index (κ3) is 3.62. The minimum absolute atomic E-state index is 0.174. The normalized spacial score (nSPS) is 25.4. The minimum Gasteiger partial charge on any atom is -0.469 e. The number of carbonyl (C=O) groups is 2. The summed E-state index contributed by atoms with van der Waals surface area (Å²) in [5.74, 6) is 1.19. The van der Waals surface area contributed by atoms with Crippen molar-refractivity contribution in [2.75, 3.05) is 20.2 Å². The van der Waals surface area contributed by atoms with E-state index in [0.717, 1.165) is 25.9 Å². The Labute approximate surface area is 121 Å². The van der Waals surface area contributed by atoms with Gasteiger partial charge in [-0.3, -0.25) is 9.59 Å². The number of esters is 1. The smallest absolute Gasteiger partial charge is 0.306 e. The van der Waals surface area contributed by atoms with Crippen molar-refractivity contribution in [3.8, 4) is 0 Å². The van der Waals surface area contributed by atoms with Crippen molar-refractivity contribution in [2.24, 2.45) is 17.3 Å². The maximum absolute atomic E-state index is 12.4. The molecule has 1 aliphatic carbocycles. The van der Waals surface area contributed by atoms with Crippen LogP contribution in [0.4, 0.5) is 0 Å². The highest BCUT2D eigenvalue weighted by Crippen LogP contribution is 2.34. The van der Waals surface area contributed by atoms with E-state index in [9.17, 15) is 9.59 Å². The third-order valence-electron chi connectivity index (χ3n) is 4.45. The molecular formula is C16H25NO3. The molecule has 112 valence electrons. The Balaban J connectivity index is 1.88. The molecule has 2 unspecified atom stereocenters. The van der Waals surface area contributed by atoms with Crippen LogP contribution in [0, 0.1) is 17.3 Å². The number of likely N-dealkylation sites (tertiary alicyclic amines) is 1. The summed E-state index contributed by atoms with van der Waals surface area (Å²) >= 11 is 0. The Kier molecular flexibility index (Phi) is 4.51. The van der Waals surface area contributed by atoms with E-state index in [4.69, 9.17) is 4.74 Å². The first-order valence-electron chi connectivity index (χ1n) is 7.41. The summed E-state index contributed by atoms with van der Waals surface area (Å²) < 4.78 is 4.70. The predicted octanol–water partition coefficient (Wildman–Crippen LogP) is 2.39. The Hall–Kier alpha value is -1.32. The molecule has 1 amide bonds. The fourth-order valence-electron chi connectivity index (χ4n) is 3.27. The van der Waals surface area contributed by atoms with Crippen molar-refractivity contribution in [1.29, 1.82) is 0 Å². The fraction of sp³-hybridized carbons (Fsp3) is 0.750. The molecule has 4 heteroatoms. The molecule has 0 aromatic rings. The largest absolute Gasteiger partial charge is 0.469 e. The zero-order chi connectivity index (χ0) is 14.8. The number of ether oxygens (including phenoxy) is 1. The van der Waals surface area contributed by atoms with Gasteiger partial charge < -0.3 is 9.64 Å². The standard InChI is InChI=1S/C16H25NO3/c1-16(2,9-15(19)20-3)8-14(18)17-10-12-6-4-5-7-13(12)11-17/h4-5,12-13H,6-11H2,1-3H3. The average molecular weight is 279 g/mol. The van der Waals surface area contributed by atoms with Crippen molar-refractivity contribution in [1.82, 2.24) is 4.90 Å². The summed E-state index contributed by atoms with van der Waals surface area (Å²) in [6, 6.07) is 0. The van der Waals surface area contributed by atoms with Gasteiger partial charge in [0.1, 0.15) is 0 Å². The van der Waals surface area contributed by atoms with Crippen LogP contribution >= 0.6 is 0 Å². The maximum atomic E-state index is 12.4. The van der Waals surface area contributed by atoms with Gasteiger partial charge in [0, 0.05) is 19.5 Å². The molecule has 0 bridgehead atoms. The van der Waals surface area contributed by atoms with Crippen molar-refractivity contribution < 1.29 is 14.3 Å². The summed E-state index contributed by atoms with van der Waals surface area (Å²) in [5, 5.41) is 0. The molecule has 2 atom stereocenters. The van der Waals surface area contributed by atoms with E-state index >= 15 is 0 Å². The Morgan fingerprint density at radius 2 is 1.70 bits per heavy atom. The predicted molar refractivity (Wildman–Crippen MR) is 77.0 cm³/mol. The van der Waals surface area contributed by atoms with Crippen LogP contribution in [0.5, 0.6) is 0 Å². The van der Waals surface area contributed by atoms with E-state index in [2.05, 4.69) is 12.2 Å². The van der Waals surface area contributed by atoms with Crippen LogP contribution in [-0.4, -0.2) is 37.0 Å². The van der Waals surface area contributed by atoms with E-state index in [0.29, 0.717) is 18.3 Å². The van der Waals surface area contributed by atoms with E-state index in [1.807, 2.05) is 18.7 Å². The first-order chi connectivity index (χ1) is 9.41. The summed E-state index contributed by atoms with van der Waals surface area (Å²) in [6.07, 6.45) is 7.36. The topological polar surface area (TPSA) is 46.6 Å². The lowest BCUT2D eigenvalue weighted by molar-refractivity contribution is -0.143. The molecule has 0 N–H and O–H groups in total. The molecule has 0 aromatic carbocycles. The SMILES string of the molecule is COC(=O)CC(C)(C)CC(=O)N1CC2CC=CCC2C1. The third-order valence-corrected chi connectivity index (χ3v) is 4.45. The molecule has 0 spiro atoms. The van der Waals surface area contributed by atoms with E-state index in [1.54, 1.807) is 0 Å². The van der Waals surface area contributed by atoms with Gasteiger partial charge in [0.05, 0.1) is 13.5 Å². The molecule has 1 fully saturated rings. The molecule has 1 saturated heterocycles. The van der Waals surface area contributed by atoms with Gasteiger partial charge in [-0.15, -0.1) is 0 Å². The lowest BCUT2D eigenvalue weighted by atomic mass is 9.85.